The number of pyridine rings is 2. The second kappa shape index (κ2) is 9.39. The Kier molecular flexibility index (Phi) is 6.29. The lowest BCUT2D eigenvalue weighted by atomic mass is 10.1. The van der Waals surface area contributed by atoms with Gasteiger partial charge in [-0.25, -0.2) is 22.1 Å². The molecule has 1 N–H and O–H groups in total. The van der Waals surface area contributed by atoms with E-state index in [0.29, 0.717) is 54.1 Å². The van der Waals surface area contributed by atoms with E-state index >= 15 is 0 Å². The van der Waals surface area contributed by atoms with E-state index in [-0.39, 0.29) is 12.1 Å². The molecule has 1 aliphatic heterocycles. The highest BCUT2D eigenvalue weighted by atomic mass is 32.2. The van der Waals surface area contributed by atoms with E-state index in [0.717, 1.165) is 10.8 Å². The van der Waals surface area contributed by atoms with Gasteiger partial charge in [0, 0.05) is 23.9 Å². The Morgan fingerprint density at radius 2 is 1.77 bits per heavy atom. The molecule has 4 aromatic rings. The number of sulfonamides is 1. The number of para-hydroxylation sites is 1. The van der Waals surface area contributed by atoms with E-state index in [2.05, 4.69) is 10.3 Å². The Morgan fingerprint density at radius 3 is 2.51 bits per heavy atom. The largest absolute Gasteiger partial charge is 0.474 e. The van der Waals surface area contributed by atoms with Crippen molar-refractivity contribution in [3.8, 4) is 5.88 Å². The average molecular weight is 495 g/mol. The van der Waals surface area contributed by atoms with E-state index in [4.69, 9.17) is 9.72 Å². The molecule has 5 rings (SSSR count). The summed E-state index contributed by atoms with van der Waals surface area (Å²) in [6, 6.07) is 16.9. The summed E-state index contributed by atoms with van der Waals surface area (Å²) in [5.74, 6) is 0.0788. The second-order valence-corrected chi connectivity index (χ2v) is 10.9. The molecular weight excluding hydrogens is 467 g/mol. The Morgan fingerprint density at radius 1 is 1.09 bits per heavy atom. The summed E-state index contributed by atoms with van der Waals surface area (Å²) in [4.78, 5) is 8.98. The minimum absolute atomic E-state index is 0.135. The van der Waals surface area contributed by atoms with Gasteiger partial charge in [0.05, 0.1) is 35.4 Å². The van der Waals surface area contributed by atoms with Crippen LogP contribution in [0.1, 0.15) is 31.5 Å². The number of benzene rings is 2. The molecule has 0 aliphatic carbocycles. The first-order valence-electron chi connectivity index (χ1n) is 11.6. The molecule has 9 heteroatoms. The first kappa shape index (κ1) is 23.4. The maximum absolute atomic E-state index is 14.7. The summed E-state index contributed by atoms with van der Waals surface area (Å²) in [5, 5.41) is 5.84. The van der Waals surface area contributed by atoms with Crippen molar-refractivity contribution in [2.45, 2.75) is 31.9 Å². The fourth-order valence-corrected chi connectivity index (χ4v) is 5.37. The van der Waals surface area contributed by atoms with Gasteiger partial charge >= 0.3 is 0 Å². The van der Waals surface area contributed by atoms with Gasteiger partial charge in [0.1, 0.15) is 6.10 Å². The molecule has 7 nitrogen and oxygen atoms in total. The number of rotatable bonds is 6. The van der Waals surface area contributed by atoms with E-state index < -0.39 is 15.8 Å². The van der Waals surface area contributed by atoms with Gasteiger partial charge in [-0.3, -0.25) is 4.98 Å². The van der Waals surface area contributed by atoms with Crippen LogP contribution in [0.5, 0.6) is 5.88 Å². The number of anilines is 1. The molecule has 0 bridgehead atoms. The van der Waals surface area contributed by atoms with Gasteiger partial charge in [-0.2, -0.15) is 0 Å². The molecule has 0 unspecified atom stereocenters. The van der Waals surface area contributed by atoms with E-state index in [1.807, 2.05) is 61.5 Å². The van der Waals surface area contributed by atoms with Crippen molar-refractivity contribution < 1.29 is 17.5 Å². The lowest BCUT2D eigenvalue weighted by Crippen LogP contribution is -2.41. The molecule has 0 radical (unpaired) electrons. The molecule has 2 aromatic carbocycles. The van der Waals surface area contributed by atoms with Crippen molar-refractivity contribution in [3.63, 3.8) is 0 Å². The predicted octanol–water partition coefficient (Wildman–Crippen LogP) is 4.90. The summed E-state index contributed by atoms with van der Waals surface area (Å²) in [6.45, 7) is 2.78. The zero-order valence-electron chi connectivity index (χ0n) is 19.6. The van der Waals surface area contributed by atoms with Crippen LogP contribution < -0.4 is 10.1 Å². The van der Waals surface area contributed by atoms with E-state index in [9.17, 15) is 12.8 Å². The van der Waals surface area contributed by atoms with Gasteiger partial charge in [0.25, 0.3) is 0 Å². The molecule has 0 amide bonds. The van der Waals surface area contributed by atoms with Gasteiger partial charge in [0.2, 0.25) is 15.9 Å². The number of nitrogens with zero attached hydrogens (tertiary/aromatic N) is 3. The van der Waals surface area contributed by atoms with E-state index in [1.54, 1.807) is 0 Å². The van der Waals surface area contributed by atoms with Crippen LogP contribution in [0.2, 0.25) is 0 Å². The Bertz CT molecular complexity index is 1490. The molecule has 2 aromatic heterocycles. The second-order valence-electron chi connectivity index (χ2n) is 8.92. The van der Waals surface area contributed by atoms with Crippen LogP contribution >= 0.6 is 0 Å². The van der Waals surface area contributed by atoms with Crippen molar-refractivity contribution in [2.75, 3.05) is 24.7 Å². The monoisotopic (exact) mass is 494 g/mol. The lowest BCUT2D eigenvalue weighted by Gasteiger charge is -2.30. The highest BCUT2D eigenvalue weighted by molar-refractivity contribution is 7.88. The zero-order valence-corrected chi connectivity index (χ0v) is 20.4. The van der Waals surface area contributed by atoms with Crippen molar-refractivity contribution >= 4 is 37.4 Å². The number of hydrogen-bond donors (Lipinski definition) is 1. The van der Waals surface area contributed by atoms with Crippen molar-refractivity contribution in [1.29, 1.82) is 0 Å². The fraction of sp³-hybridized carbons (Fsp3) is 0.308. The van der Waals surface area contributed by atoms with Crippen LogP contribution in [0.15, 0.2) is 60.8 Å². The first-order chi connectivity index (χ1) is 16.8. The number of nitrogens with one attached hydrogen (secondary N) is 1. The van der Waals surface area contributed by atoms with Gasteiger partial charge in [0.15, 0.2) is 5.82 Å². The molecule has 182 valence electrons. The van der Waals surface area contributed by atoms with Crippen LogP contribution in [-0.4, -0.2) is 48.1 Å². The highest BCUT2D eigenvalue weighted by Gasteiger charge is 2.27. The summed E-state index contributed by atoms with van der Waals surface area (Å²) in [6.07, 6.45) is 3.51. The Labute approximate surface area is 204 Å². The van der Waals surface area contributed by atoms with Crippen molar-refractivity contribution in [2.24, 2.45) is 0 Å². The average Bonchev–Trinajstić information content (AvgIpc) is 2.85. The molecule has 1 fully saturated rings. The number of piperidine rings is 1. The molecule has 35 heavy (non-hydrogen) atoms. The smallest absolute Gasteiger partial charge is 0.221 e. The Hall–Kier alpha value is -3.30. The number of aromatic nitrogens is 2. The number of hydrogen-bond acceptors (Lipinski definition) is 6. The predicted molar refractivity (Wildman–Crippen MR) is 136 cm³/mol. The normalized spacial score (nSPS) is 16.4. The standard InChI is InChI=1S/C26H27FN4O3S/c1-17(29-25-21-9-5-6-10-23(21)28-16-22(25)27)24-15-18-7-3-4-8-20(18)26(30-24)34-19-11-13-31(14-12-19)35(2,32)33/h3-10,15-17,19H,11-14H2,1-2H3,(H,28,29)/t17-/m0/s1. The summed E-state index contributed by atoms with van der Waals surface area (Å²) in [7, 11) is -3.20. The molecule has 0 spiro atoms. The van der Waals surface area contributed by atoms with Gasteiger partial charge in [-0.1, -0.05) is 36.4 Å². The molecular formula is C26H27FN4O3S. The van der Waals surface area contributed by atoms with Crippen LogP contribution in [-0.2, 0) is 10.0 Å². The minimum atomic E-state index is -3.20. The molecule has 0 saturated carbocycles. The van der Waals surface area contributed by atoms with E-state index in [1.165, 1.54) is 16.8 Å². The van der Waals surface area contributed by atoms with Crippen molar-refractivity contribution in [3.05, 3.63) is 72.3 Å². The quantitative estimate of drug-likeness (QED) is 0.411. The number of fused-ring (bicyclic) bond motifs is 2. The SMILES string of the molecule is C[C@H](Nc1c(F)cnc2ccccc12)c1cc2ccccc2c(OC2CCN(S(C)(=O)=O)CC2)n1. The van der Waals surface area contributed by atoms with Crippen LogP contribution in [0.4, 0.5) is 10.1 Å². The summed E-state index contributed by atoms with van der Waals surface area (Å²) < 4.78 is 46.2. The van der Waals surface area contributed by atoms with Gasteiger partial charge < -0.3 is 10.1 Å². The highest BCUT2D eigenvalue weighted by Crippen LogP contribution is 2.32. The van der Waals surface area contributed by atoms with Crippen LogP contribution in [0.3, 0.4) is 0 Å². The van der Waals surface area contributed by atoms with Gasteiger partial charge in [-0.15, -0.1) is 0 Å². The zero-order chi connectivity index (χ0) is 24.6. The lowest BCUT2D eigenvalue weighted by molar-refractivity contribution is 0.132. The van der Waals surface area contributed by atoms with Crippen LogP contribution in [0, 0.1) is 5.82 Å². The molecule has 1 atom stereocenters. The summed E-state index contributed by atoms with van der Waals surface area (Å²) in [5.41, 5.74) is 1.81. The maximum atomic E-state index is 14.7. The third-order valence-corrected chi connectivity index (χ3v) is 7.71. The van der Waals surface area contributed by atoms with Gasteiger partial charge in [-0.05, 0) is 43.4 Å². The molecule has 3 heterocycles. The fourth-order valence-electron chi connectivity index (χ4n) is 4.49. The number of ether oxygens (including phenoxy) is 1. The Balaban J connectivity index is 1.43. The van der Waals surface area contributed by atoms with Crippen molar-refractivity contribution in [1.82, 2.24) is 14.3 Å². The summed E-state index contributed by atoms with van der Waals surface area (Å²) >= 11 is 0. The van der Waals surface area contributed by atoms with Crippen LogP contribution in [0.25, 0.3) is 21.7 Å². The third-order valence-electron chi connectivity index (χ3n) is 6.41. The topological polar surface area (TPSA) is 84.4 Å². The third kappa shape index (κ3) is 4.92. The maximum Gasteiger partial charge on any atom is 0.221 e. The molecule has 1 saturated heterocycles. The molecule has 1 aliphatic rings. The first-order valence-corrected chi connectivity index (χ1v) is 13.5. The minimum Gasteiger partial charge on any atom is -0.474 e. The number of halogens is 1.